The molecule has 0 saturated carbocycles. The molecule has 0 spiro atoms. The van der Waals surface area contributed by atoms with Crippen LogP contribution in [0.1, 0.15) is 5.56 Å². The molecule has 0 amide bonds. The molecular formula is C16H24AuN4S2-2. The zero-order valence-electron chi connectivity index (χ0n) is 13.6. The van der Waals surface area contributed by atoms with Gasteiger partial charge < -0.3 is 35.1 Å². The molecule has 1 fully saturated rings. The molecule has 0 bridgehead atoms. The van der Waals surface area contributed by atoms with Crippen LogP contribution in [-0.2, 0) is 47.6 Å². The molecule has 1 heterocycles. The summed E-state index contributed by atoms with van der Waals surface area (Å²) in [5, 5.41) is 0. The van der Waals surface area contributed by atoms with E-state index in [4.69, 9.17) is 25.3 Å². The Morgan fingerprint density at radius 3 is 2.26 bits per heavy atom. The first kappa shape index (κ1) is 21.1. The van der Waals surface area contributed by atoms with Crippen molar-refractivity contribution in [3.05, 3.63) is 29.8 Å². The summed E-state index contributed by atoms with van der Waals surface area (Å²) >= 11 is 10.2. The van der Waals surface area contributed by atoms with Crippen LogP contribution in [0, 0.1) is 0 Å². The fourth-order valence-corrected chi connectivity index (χ4v) is 2.85. The van der Waals surface area contributed by atoms with E-state index in [0.717, 1.165) is 44.8 Å². The van der Waals surface area contributed by atoms with Crippen molar-refractivity contribution in [2.45, 2.75) is 4.71 Å². The van der Waals surface area contributed by atoms with Gasteiger partial charge in [-0.05, 0) is 17.7 Å². The molecule has 23 heavy (non-hydrogen) atoms. The van der Waals surface area contributed by atoms with E-state index < -0.39 is 0 Å². The van der Waals surface area contributed by atoms with Crippen molar-refractivity contribution < 1.29 is 22.4 Å². The quantitative estimate of drug-likeness (QED) is 0.310. The Labute approximate surface area is 166 Å². The van der Waals surface area contributed by atoms with Crippen molar-refractivity contribution in [1.29, 1.82) is 0 Å². The third-order valence-electron chi connectivity index (χ3n) is 3.90. The van der Waals surface area contributed by atoms with Crippen LogP contribution >= 0.6 is 0 Å². The van der Waals surface area contributed by atoms with Gasteiger partial charge in [-0.2, -0.15) is 0 Å². The van der Waals surface area contributed by atoms with Crippen molar-refractivity contribution in [2.75, 3.05) is 58.3 Å². The molecule has 1 aliphatic heterocycles. The minimum Gasteiger partial charge on any atom is -0.800 e. The summed E-state index contributed by atoms with van der Waals surface area (Å²) in [6.07, 6.45) is 1.96. The van der Waals surface area contributed by atoms with E-state index in [2.05, 4.69) is 44.0 Å². The maximum Gasteiger partial charge on any atom is 0.0517 e. The first-order chi connectivity index (χ1) is 10.6. The third kappa shape index (κ3) is 7.22. The second kappa shape index (κ2) is 10.8. The smallest absolute Gasteiger partial charge is 0.0517 e. The van der Waals surface area contributed by atoms with Gasteiger partial charge in [0.25, 0.3) is 0 Å². The van der Waals surface area contributed by atoms with Crippen LogP contribution in [0.3, 0.4) is 0 Å². The summed E-state index contributed by atoms with van der Waals surface area (Å²) < 4.78 is -0.162. The molecule has 2 rings (SSSR count). The van der Waals surface area contributed by atoms with Crippen molar-refractivity contribution in [1.82, 2.24) is 9.80 Å². The van der Waals surface area contributed by atoms with E-state index in [9.17, 15) is 0 Å². The molecular weight excluding hydrogens is 509 g/mol. The van der Waals surface area contributed by atoms with Gasteiger partial charge >= 0.3 is 0 Å². The van der Waals surface area contributed by atoms with Crippen LogP contribution in [0.5, 0.6) is 0 Å². The Bertz CT molecular complexity index is 471. The zero-order valence-corrected chi connectivity index (χ0v) is 17.4. The summed E-state index contributed by atoms with van der Waals surface area (Å²) in [5.74, 6) is 0. The average molecular weight is 533 g/mol. The monoisotopic (exact) mass is 533 g/mol. The topological polar surface area (TPSA) is 22.1 Å². The van der Waals surface area contributed by atoms with Crippen molar-refractivity contribution in [2.24, 2.45) is 4.99 Å². The second-order valence-corrected chi connectivity index (χ2v) is 6.90. The van der Waals surface area contributed by atoms with E-state index in [0.29, 0.717) is 0 Å². The van der Waals surface area contributed by atoms with Gasteiger partial charge in [0.1, 0.15) is 0 Å². The van der Waals surface area contributed by atoms with Gasteiger partial charge in [0.05, 0.1) is 6.54 Å². The Morgan fingerprint density at radius 2 is 1.74 bits per heavy atom. The normalized spacial score (nSPS) is 16.7. The Morgan fingerprint density at radius 1 is 1.13 bits per heavy atom. The first-order valence-corrected chi connectivity index (χ1v) is 8.56. The summed E-state index contributed by atoms with van der Waals surface area (Å²) in [7, 11) is 4.09. The number of hydrogen-bond acceptors (Lipinski definition) is 6. The summed E-state index contributed by atoms with van der Waals surface area (Å²) in [6.45, 7) is 5.87. The molecule has 1 saturated heterocycles. The van der Waals surface area contributed by atoms with Gasteiger partial charge in [0.15, 0.2) is 0 Å². The van der Waals surface area contributed by atoms with Gasteiger partial charge in [-0.25, -0.2) is 4.71 Å². The molecule has 0 atom stereocenters. The number of benzene rings is 1. The number of nitrogens with zero attached hydrogens (tertiary/aromatic N) is 4. The Kier molecular flexibility index (Phi) is 9.92. The van der Waals surface area contributed by atoms with Crippen LogP contribution < -0.4 is 4.90 Å². The average Bonchev–Trinajstić information content (AvgIpc) is 2.52. The van der Waals surface area contributed by atoms with Gasteiger partial charge in [-0.15, -0.1) is 0 Å². The van der Waals surface area contributed by atoms with Crippen LogP contribution in [-0.4, -0.2) is 74.1 Å². The molecule has 1 aliphatic rings. The SMILES string of the molecule is CN(C)c1ccc(C=NCCN2CCN(C([S-])[S-])CC2)cc1.[Au]. The second-order valence-electron chi connectivity index (χ2n) is 5.71. The van der Waals surface area contributed by atoms with Gasteiger partial charge in [0, 0.05) is 81.1 Å². The molecule has 0 unspecified atom stereocenters. The summed E-state index contributed by atoms with van der Waals surface area (Å²) in [4.78, 5) is 11.2. The van der Waals surface area contributed by atoms with E-state index in [-0.39, 0.29) is 27.1 Å². The predicted molar refractivity (Wildman–Crippen MR) is 99.8 cm³/mol. The number of anilines is 1. The maximum atomic E-state index is 5.12. The molecule has 0 aromatic heterocycles. The minimum atomic E-state index is -0.162. The Balaban J connectivity index is 0.00000264. The third-order valence-corrected chi connectivity index (χ3v) is 4.50. The largest absolute Gasteiger partial charge is 0.800 e. The molecule has 133 valence electrons. The standard InChI is InChI=1S/C16H26N4S2.Au/c1-18(2)15-5-3-14(4-6-15)13-17-7-8-19-9-11-20(12-10-19)16(21)22;/h3-6,13,16,21-22H,7-12H2,1-2H3;/p-2. The number of hydrogen-bond donors (Lipinski definition) is 0. The van der Waals surface area contributed by atoms with Gasteiger partial charge in [-0.3, -0.25) is 9.89 Å². The van der Waals surface area contributed by atoms with Crippen LogP contribution in [0.15, 0.2) is 29.3 Å². The van der Waals surface area contributed by atoms with Crippen LogP contribution in [0.4, 0.5) is 5.69 Å². The van der Waals surface area contributed by atoms with E-state index in [1.54, 1.807) is 0 Å². The molecule has 1 radical (unpaired) electrons. The minimum absolute atomic E-state index is 0. The first-order valence-electron chi connectivity index (χ1n) is 7.61. The zero-order chi connectivity index (χ0) is 15.9. The number of aliphatic imine (C=N–C) groups is 1. The van der Waals surface area contributed by atoms with E-state index in [1.807, 2.05) is 20.3 Å². The van der Waals surface area contributed by atoms with Crippen LogP contribution in [0.25, 0.3) is 0 Å². The van der Waals surface area contributed by atoms with Crippen molar-refractivity contribution >= 4 is 37.2 Å². The van der Waals surface area contributed by atoms with E-state index in [1.165, 1.54) is 5.69 Å². The van der Waals surface area contributed by atoms with Gasteiger partial charge in [0.2, 0.25) is 0 Å². The fraction of sp³-hybridized carbons (Fsp3) is 0.562. The molecule has 0 N–H and O–H groups in total. The molecule has 7 heteroatoms. The Hall–Kier alpha value is 0.0503. The summed E-state index contributed by atoms with van der Waals surface area (Å²) in [6, 6.07) is 8.43. The molecule has 0 aliphatic carbocycles. The van der Waals surface area contributed by atoms with Crippen molar-refractivity contribution in [3.63, 3.8) is 0 Å². The van der Waals surface area contributed by atoms with Crippen LogP contribution in [0.2, 0.25) is 0 Å². The van der Waals surface area contributed by atoms with E-state index >= 15 is 0 Å². The van der Waals surface area contributed by atoms with Gasteiger partial charge in [-0.1, -0.05) is 12.1 Å². The number of piperazine rings is 1. The predicted octanol–water partition coefficient (Wildman–Crippen LogP) is 1.16. The maximum absolute atomic E-state index is 5.12. The fourth-order valence-electron chi connectivity index (χ4n) is 2.43. The summed E-state index contributed by atoms with van der Waals surface area (Å²) in [5.41, 5.74) is 2.35. The molecule has 4 nitrogen and oxygen atoms in total. The molecule has 1 aromatic rings. The molecule has 1 aromatic carbocycles. The number of rotatable bonds is 6. The van der Waals surface area contributed by atoms with Crippen molar-refractivity contribution in [3.8, 4) is 0 Å².